The van der Waals surface area contributed by atoms with Crippen molar-refractivity contribution >= 4 is 11.9 Å². The second-order valence-corrected chi connectivity index (χ2v) is 6.28. The van der Waals surface area contributed by atoms with E-state index in [-0.39, 0.29) is 28.2 Å². The van der Waals surface area contributed by atoms with Gasteiger partial charge in [0.1, 0.15) is 17.6 Å². The number of ether oxygens (including phenoxy) is 2. The van der Waals surface area contributed by atoms with Gasteiger partial charge in [0.2, 0.25) is 6.54 Å². The Morgan fingerprint density at radius 3 is 1.67 bits per heavy atom. The first kappa shape index (κ1) is 20.7. The molecule has 0 aliphatic rings. The maximum atomic E-state index is 12.3. The van der Waals surface area contributed by atoms with Gasteiger partial charge in [0.05, 0.1) is 11.1 Å². The van der Waals surface area contributed by atoms with E-state index in [9.17, 15) is 24.8 Å². The molecule has 0 saturated carbocycles. The van der Waals surface area contributed by atoms with Crippen LogP contribution in [0.1, 0.15) is 32.4 Å². The van der Waals surface area contributed by atoms with E-state index in [1.807, 2.05) is 0 Å². The summed E-state index contributed by atoms with van der Waals surface area (Å²) >= 11 is 0. The molecule has 0 aliphatic carbocycles. The van der Waals surface area contributed by atoms with Crippen molar-refractivity contribution in [2.45, 2.75) is 6.10 Å². The fraction of sp³-hybridized carbons (Fsp3) is 0.0909. The molecule has 1 atom stereocenters. The van der Waals surface area contributed by atoms with Crippen molar-refractivity contribution < 1.29 is 29.1 Å². The zero-order valence-electron chi connectivity index (χ0n) is 15.6. The van der Waals surface area contributed by atoms with Crippen molar-refractivity contribution in [1.29, 1.82) is 0 Å². The number of nitrogens with zero attached hydrogens (tertiary/aromatic N) is 1. The van der Waals surface area contributed by atoms with E-state index in [4.69, 9.17) is 9.47 Å². The lowest BCUT2D eigenvalue weighted by Gasteiger charge is -2.13. The van der Waals surface area contributed by atoms with Gasteiger partial charge in [0, 0.05) is 11.0 Å². The third-order valence-electron chi connectivity index (χ3n) is 4.05. The summed E-state index contributed by atoms with van der Waals surface area (Å²) in [6.45, 7) is -0.762. The van der Waals surface area contributed by atoms with Crippen LogP contribution >= 0.6 is 0 Å². The number of esters is 2. The van der Waals surface area contributed by atoms with E-state index >= 15 is 0 Å². The third kappa shape index (κ3) is 5.49. The summed E-state index contributed by atoms with van der Waals surface area (Å²) in [7, 11) is 0. The van der Waals surface area contributed by atoms with E-state index in [1.54, 1.807) is 60.7 Å². The molecule has 152 valence electrons. The van der Waals surface area contributed by atoms with Crippen molar-refractivity contribution in [3.63, 3.8) is 0 Å². The molecule has 0 fully saturated rings. The van der Waals surface area contributed by atoms with Crippen molar-refractivity contribution in [3.8, 4) is 11.5 Å². The second-order valence-electron chi connectivity index (χ2n) is 6.28. The molecule has 0 saturated heterocycles. The molecule has 0 heterocycles. The molecule has 8 heteroatoms. The molecule has 30 heavy (non-hydrogen) atoms. The summed E-state index contributed by atoms with van der Waals surface area (Å²) in [5.41, 5.74) is 0.647. The number of carbonyl (C=O) groups is 2. The molecule has 8 nitrogen and oxygen atoms in total. The Hall–Kier alpha value is -4.04. The molecule has 1 unspecified atom stereocenters. The van der Waals surface area contributed by atoms with Gasteiger partial charge < -0.3 is 14.6 Å². The number of hydrogen-bond donors (Lipinski definition) is 1. The number of carbonyl (C=O) groups excluding carboxylic acids is 2. The van der Waals surface area contributed by atoms with E-state index in [1.165, 1.54) is 18.2 Å². The van der Waals surface area contributed by atoms with Crippen molar-refractivity contribution in [2.24, 2.45) is 0 Å². The first-order valence-electron chi connectivity index (χ1n) is 8.91. The molecule has 3 rings (SSSR count). The number of benzene rings is 3. The van der Waals surface area contributed by atoms with Crippen LogP contribution in [0.5, 0.6) is 11.5 Å². The highest BCUT2D eigenvalue weighted by Gasteiger charge is 2.19. The summed E-state index contributed by atoms with van der Waals surface area (Å²) in [4.78, 5) is 34.7. The molecular formula is C22H17NO7. The summed E-state index contributed by atoms with van der Waals surface area (Å²) in [5, 5.41) is 20.9. The molecule has 3 aromatic rings. The van der Waals surface area contributed by atoms with Gasteiger partial charge in [-0.05, 0) is 42.0 Å². The predicted octanol–water partition coefficient (Wildman–Crippen LogP) is 3.44. The fourth-order valence-electron chi connectivity index (χ4n) is 2.63. The van der Waals surface area contributed by atoms with Crippen LogP contribution in [0.3, 0.4) is 0 Å². The van der Waals surface area contributed by atoms with Gasteiger partial charge in [-0.3, -0.25) is 10.1 Å². The minimum atomic E-state index is -1.48. The van der Waals surface area contributed by atoms with Crippen LogP contribution < -0.4 is 9.47 Å². The van der Waals surface area contributed by atoms with Crippen LogP contribution in [0, 0.1) is 10.1 Å². The molecule has 0 radical (unpaired) electrons. The van der Waals surface area contributed by atoms with Crippen LogP contribution in [0.2, 0.25) is 0 Å². The normalized spacial score (nSPS) is 11.4. The van der Waals surface area contributed by atoms with Crippen molar-refractivity contribution in [3.05, 3.63) is 106 Å². The van der Waals surface area contributed by atoms with Crippen LogP contribution in [0.25, 0.3) is 0 Å². The van der Waals surface area contributed by atoms with Gasteiger partial charge in [-0.1, -0.05) is 36.4 Å². The Labute approximate surface area is 171 Å². The average Bonchev–Trinajstić information content (AvgIpc) is 2.74. The molecular weight excluding hydrogens is 390 g/mol. The number of nitro groups is 1. The minimum absolute atomic E-state index is 0.0281. The van der Waals surface area contributed by atoms with Gasteiger partial charge in [0.15, 0.2) is 0 Å². The first-order chi connectivity index (χ1) is 14.4. The Bertz CT molecular complexity index is 980. The summed E-state index contributed by atoms with van der Waals surface area (Å²) in [5.74, 6) is -1.40. The highest BCUT2D eigenvalue weighted by Crippen LogP contribution is 2.28. The first-order valence-corrected chi connectivity index (χ1v) is 8.91. The fourth-order valence-corrected chi connectivity index (χ4v) is 2.63. The lowest BCUT2D eigenvalue weighted by Crippen LogP contribution is -2.14. The second kappa shape index (κ2) is 9.44. The number of hydrogen-bond acceptors (Lipinski definition) is 7. The third-order valence-corrected chi connectivity index (χ3v) is 4.05. The quantitative estimate of drug-likeness (QED) is 0.276. The Kier molecular flexibility index (Phi) is 6.51. The smallest absolute Gasteiger partial charge is 0.343 e. The molecule has 0 bridgehead atoms. The highest BCUT2D eigenvalue weighted by atomic mass is 16.6. The Morgan fingerprint density at radius 1 is 0.833 bits per heavy atom. The van der Waals surface area contributed by atoms with Gasteiger partial charge >= 0.3 is 11.9 Å². The number of aliphatic hydroxyl groups is 1. The van der Waals surface area contributed by atoms with E-state index in [2.05, 4.69) is 0 Å². The highest BCUT2D eigenvalue weighted by molar-refractivity contribution is 5.92. The summed E-state index contributed by atoms with van der Waals surface area (Å²) in [6, 6.07) is 20.3. The topological polar surface area (TPSA) is 116 Å². The largest absolute Gasteiger partial charge is 0.423 e. The molecule has 0 aromatic heterocycles. The summed E-state index contributed by atoms with van der Waals surface area (Å²) < 4.78 is 10.6. The molecule has 0 aliphatic heterocycles. The van der Waals surface area contributed by atoms with Crippen LogP contribution in [0.15, 0.2) is 78.9 Å². The van der Waals surface area contributed by atoms with E-state index < -0.39 is 29.5 Å². The van der Waals surface area contributed by atoms with Gasteiger partial charge in [0.25, 0.3) is 0 Å². The molecule has 0 spiro atoms. The zero-order valence-corrected chi connectivity index (χ0v) is 15.6. The maximum Gasteiger partial charge on any atom is 0.343 e. The monoisotopic (exact) mass is 407 g/mol. The van der Waals surface area contributed by atoms with E-state index in [0.29, 0.717) is 0 Å². The lowest BCUT2D eigenvalue weighted by atomic mass is 10.1. The average molecular weight is 407 g/mol. The molecule has 1 N–H and O–H groups in total. The predicted molar refractivity (Wildman–Crippen MR) is 106 cm³/mol. The van der Waals surface area contributed by atoms with Crippen LogP contribution in [0.4, 0.5) is 0 Å². The molecule has 0 amide bonds. The SMILES string of the molecule is O=C(Oc1cc(OC(=O)c2ccccc2)cc(C(O)C[N+](=O)[O-])c1)c1ccccc1. The maximum absolute atomic E-state index is 12.3. The van der Waals surface area contributed by atoms with Gasteiger partial charge in [-0.2, -0.15) is 0 Å². The lowest BCUT2D eigenvalue weighted by molar-refractivity contribution is -0.491. The number of rotatable bonds is 7. The zero-order chi connectivity index (χ0) is 21.5. The van der Waals surface area contributed by atoms with Gasteiger partial charge in [-0.25, -0.2) is 9.59 Å². The van der Waals surface area contributed by atoms with Crippen LogP contribution in [-0.2, 0) is 0 Å². The Morgan fingerprint density at radius 2 is 1.27 bits per heavy atom. The van der Waals surface area contributed by atoms with Crippen molar-refractivity contribution in [1.82, 2.24) is 0 Å². The summed E-state index contributed by atoms with van der Waals surface area (Å²) in [6.07, 6.45) is -1.48. The number of aliphatic hydroxyl groups excluding tert-OH is 1. The van der Waals surface area contributed by atoms with Gasteiger partial charge in [-0.15, -0.1) is 0 Å². The van der Waals surface area contributed by atoms with Crippen LogP contribution in [-0.4, -0.2) is 28.5 Å². The van der Waals surface area contributed by atoms with Crippen molar-refractivity contribution in [2.75, 3.05) is 6.54 Å². The standard InChI is InChI=1S/C22H17NO7/c24-20(14-23(27)28)17-11-18(29-21(25)15-7-3-1-4-8-15)13-19(12-17)30-22(26)16-9-5-2-6-10-16/h1-13,20,24H,14H2. The van der Waals surface area contributed by atoms with E-state index in [0.717, 1.165) is 0 Å². The Balaban J connectivity index is 1.89. The molecule has 3 aromatic carbocycles. The minimum Gasteiger partial charge on any atom is -0.423 e.